The van der Waals surface area contributed by atoms with E-state index in [1.54, 1.807) is 36.4 Å². The lowest BCUT2D eigenvalue weighted by Gasteiger charge is -2.15. The SMILES string of the molecule is Cc1oc2cc3oc(=O)c(CCC(=O)NC(C(=O)O)c4ccccc4)c(C)c3cc2c1-c1ccccc1. The van der Waals surface area contributed by atoms with E-state index in [1.807, 2.05) is 50.2 Å². The van der Waals surface area contributed by atoms with E-state index >= 15 is 0 Å². The van der Waals surface area contributed by atoms with Crippen molar-refractivity contribution in [3.8, 4) is 11.1 Å². The number of hydrogen-bond donors (Lipinski definition) is 2. The van der Waals surface area contributed by atoms with Gasteiger partial charge in [-0.05, 0) is 43.0 Å². The average Bonchev–Trinajstić information content (AvgIpc) is 3.21. The number of benzene rings is 3. The van der Waals surface area contributed by atoms with Crippen molar-refractivity contribution in [3.05, 3.63) is 106 Å². The van der Waals surface area contributed by atoms with Gasteiger partial charge in [0.15, 0.2) is 6.04 Å². The van der Waals surface area contributed by atoms with Gasteiger partial charge in [0, 0.05) is 34.4 Å². The van der Waals surface area contributed by atoms with Crippen molar-refractivity contribution in [2.24, 2.45) is 0 Å². The average molecular weight is 496 g/mol. The molecule has 0 aliphatic carbocycles. The zero-order valence-corrected chi connectivity index (χ0v) is 20.4. The molecule has 186 valence electrons. The number of furan rings is 1. The van der Waals surface area contributed by atoms with E-state index in [4.69, 9.17) is 8.83 Å². The van der Waals surface area contributed by atoms with Crippen molar-refractivity contribution in [1.82, 2.24) is 5.32 Å². The normalized spacial score (nSPS) is 12.1. The van der Waals surface area contributed by atoms with Gasteiger partial charge >= 0.3 is 11.6 Å². The third-order valence-electron chi connectivity index (χ3n) is 6.62. The van der Waals surface area contributed by atoms with Crippen molar-refractivity contribution in [2.75, 3.05) is 0 Å². The Bertz CT molecular complexity index is 1680. The Hall–Kier alpha value is -4.65. The number of aliphatic carboxylic acids is 1. The third kappa shape index (κ3) is 4.63. The van der Waals surface area contributed by atoms with E-state index in [-0.39, 0.29) is 12.8 Å². The molecule has 0 saturated carbocycles. The van der Waals surface area contributed by atoms with Gasteiger partial charge in [-0.25, -0.2) is 9.59 Å². The predicted molar refractivity (Wildman–Crippen MR) is 140 cm³/mol. The highest BCUT2D eigenvalue weighted by atomic mass is 16.4. The van der Waals surface area contributed by atoms with Crippen LogP contribution in [0.1, 0.15) is 34.9 Å². The molecule has 2 heterocycles. The molecule has 37 heavy (non-hydrogen) atoms. The number of hydrogen-bond acceptors (Lipinski definition) is 5. The Morgan fingerprint density at radius 3 is 2.22 bits per heavy atom. The maximum absolute atomic E-state index is 12.8. The molecule has 1 amide bonds. The highest BCUT2D eigenvalue weighted by Gasteiger charge is 2.23. The zero-order valence-electron chi connectivity index (χ0n) is 20.4. The first-order valence-corrected chi connectivity index (χ1v) is 12.0. The molecule has 5 rings (SSSR count). The van der Waals surface area contributed by atoms with Crippen LogP contribution in [-0.4, -0.2) is 17.0 Å². The lowest BCUT2D eigenvalue weighted by atomic mass is 9.98. The second-order valence-corrected chi connectivity index (χ2v) is 8.99. The van der Waals surface area contributed by atoms with Gasteiger partial charge < -0.3 is 19.3 Å². The summed E-state index contributed by atoms with van der Waals surface area (Å²) in [5, 5.41) is 13.8. The van der Waals surface area contributed by atoms with E-state index < -0.39 is 23.5 Å². The fourth-order valence-electron chi connectivity index (χ4n) is 4.76. The molecule has 2 N–H and O–H groups in total. The number of amides is 1. The van der Waals surface area contributed by atoms with Crippen LogP contribution in [0.2, 0.25) is 0 Å². The summed E-state index contributed by atoms with van der Waals surface area (Å²) in [5.41, 5.74) is 4.08. The highest BCUT2D eigenvalue weighted by Crippen LogP contribution is 2.37. The second-order valence-electron chi connectivity index (χ2n) is 8.99. The molecule has 2 aromatic heterocycles. The Kier molecular flexibility index (Phi) is 6.36. The standard InChI is InChI=1S/C30H25NO6/c1-17-21(13-14-26(32)31-28(29(33)34)20-11-7-4-8-12-20)30(35)37-24-16-25-23(15-22(17)24)27(18(2)36-25)19-9-5-3-6-10-19/h3-12,15-16,28H,13-14H2,1-2H3,(H,31,32)(H,33,34). The summed E-state index contributed by atoms with van der Waals surface area (Å²) < 4.78 is 11.6. The van der Waals surface area contributed by atoms with Gasteiger partial charge in [-0.3, -0.25) is 4.79 Å². The van der Waals surface area contributed by atoms with Crippen LogP contribution in [0.15, 0.2) is 86.4 Å². The number of carboxylic acids is 1. The quantitative estimate of drug-likeness (QED) is 0.280. The van der Waals surface area contributed by atoms with Crippen LogP contribution in [-0.2, 0) is 16.0 Å². The molecule has 7 nitrogen and oxygen atoms in total. The van der Waals surface area contributed by atoms with Crippen molar-refractivity contribution in [3.63, 3.8) is 0 Å². The first kappa shape index (κ1) is 24.1. The van der Waals surface area contributed by atoms with Crippen LogP contribution in [0.25, 0.3) is 33.1 Å². The number of aryl methyl sites for hydroxylation is 2. The molecular weight excluding hydrogens is 470 g/mol. The second kappa shape index (κ2) is 9.78. The van der Waals surface area contributed by atoms with E-state index in [2.05, 4.69) is 5.32 Å². The van der Waals surface area contributed by atoms with Crippen molar-refractivity contribution < 1.29 is 23.5 Å². The predicted octanol–water partition coefficient (Wildman–Crippen LogP) is 5.70. The van der Waals surface area contributed by atoms with Crippen LogP contribution in [0, 0.1) is 13.8 Å². The Morgan fingerprint density at radius 1 is 0.892 bits per heavy atom. The molecule has 5 aromatic rings. The van der Waals surface area contributed by atoms with E-state index in [9.17, 15) is 19.5 Å². The molecule has 0 aliphatic rings. The molecule has 0 bridgehead atoms. The maximum Gasteiger partial charge on any atom is 0.339 e. The first-order valence-electron chi connectivity index (χ1n) is 12.0. The van der Waals surface area contributed by atoms with Crippen LogP contribution in [0.3, 0.4) is 0 Å². The third-order valence-corrected chi connectivity index (χ3v) is 6.62. The van der Waals surface area contributed by atoms with Gasteiger partial charge in [-0.2, -0.15) is 0 Å². The summed E-state index contributed by atoms with van der Waals surface area (Å²) in [4.78, 5) is 37.2. The van der Waals surface area contributed by atoms with Crippen LogP contribution < -0.4 is 10.9 Å². The van der Waals surface area contributed by atoms with Gasteiger partial charge in [-0.15, -0.1) is 0 Å². The minimum Gasteiger partial charge on any atom is -0.479 e. The van der Waals surface area contributed by atoms with Gasteiger partial charge in [0.05, 0.1) is 0 Å². The minimum absolute atomic E-state index is 0.0595. The Labute approximate surface area is 212 Å². The number of carbonyl (C=O) groups excluding carboxylic acids is 1. The number of rotatable bonds is 7. The number of nitrogens with one attached hydrogen (secondary N) is 1. The summed E-state index contributed by atoms with van der Waals surface area (Å²) in [6, 6.07) is 20.9. The molecule has 7 heteroatoms. The summed E-state index contributed by atoms with van der Waals surface area (Å²) in [6.07, 6.45) is 0.0567. The molecule has 3 aromatic carbocycles. The smallest absolute Gasteiger partial charge is 0.339 e. The van der Waals surface area contributed by atoms with E-state index in [0.717, 1.165) is 33.2 Å². The van der Waals surface area contributed by atoms with Crippen molar-refractivity contribution >= 4 is 33.8 Å². The Morgan fingerprint density at radius 2 is 1.54 bits per heavy atom. The Balaban J connectivity index is 1.46. The molecule has 0 saturated heterocycles. The summed E-state index contributed by atoms with van der Waals surface area (Å²) in [7, 11) is 0. The van der Waals surface area contributed by atoms with Crippen LogP contribution in [0.5, 0.6) is 0 Å². The van der Waals surface area contributed by atoms with Gasteiger partial charge in [-0.1, -0.05) is 60.7 Å². The molecule has 0 fully saturated rings. The molecule has 1 unspecified atom stereocenters. The molecule has 0 aliphatic heterocycles. The fraction of sp³-hybridized carbons (Fsp3) is 0.167. The lowest BCUT2D eigenvalue weighted by molar-refractivity contribution is -0.142. The largest absolute Gasteiger partial charge is 0.479 e. The van der Waals surface area contributed by atoms with E-state index in [0.29, 0.717) is 22.3 Å². The number of fused-ring (bicyclic) bond motifs is 2. The molecule has 0 radical (unpaired) electrons. The number of carboxylic acid groups (broad SMARTS) is 1. The summed E-state index contributed by atoms with van der Waals surface area (Å²) in [6.45, 7) is 3.73. The number of carbonyl (C=O) groups is 2. The van der Waals surface area contributed by atoms with Gasteiger partial charge in [0.1, 0.15) is 16.9 Å². The lowest BCUT2D eigenvalue weighted by Crippen LogP contribution is -2.34. The van der Waals surface area contributed by atoms with Crippen molar-refractivity contribution in [1.29, 1.82) is 0 Å². The summed E-state index contributed by atoms with van der Waals surface area (Å²) in [5.74, 6) is -0.864. The molecule has 0 spiro atoms. The maximum atomic E-state index is 12.8. The molecular formula is C30H25NO6. The van der Waals surface area contributed by atoms with E-state index in [1.165, 1.54) is 0 Å². The summed E-state index contributed by atoms with van der Waals surface area (Å²) >= 11 is 0. The monoisotopic (exact) mass is 495 g/mol. The zero-order chi connectivity index (χ0) is 26.1. The van der Waals surface area contributed by atoms with Crippen LogP contribution >= 0.6 is 0 Å². The topological polar surface area (TPSA) is 110 Å². The minimum atomic E-state index is -1.17. The van der Waals surface area contributed by atoms with Crippen molar-refractivity contribution in [2.45, 2.75) is 32.7 Å². The van der Waals surface area contributed by atoms with Crippen LogP contribution in [0.4, 0.5) is 0 Å². The molecule has 1 atom stereocenters. The first-order chi connectivity index (χ1) is 17.8. The van der Waals surface area contributed by atoms with Gasteiger partial charge in [0.25, 0.3) is 0 Å². The highest BCUT2D eigenvalue weighted by molar-refractivity contribution is 6.03. The van der Waals surface area contributed by atoms with Gasteiger partial charge in [0.2, 0.25) is 5.91 Å². The fourth-order valence-corrected chi connectivity index (χ4v) is 4.76.